The Hall–Kier alpha value is -2.36. The number of nitrogens with two attached hydrogens (primary N) is 1. The average Bonchev–Trinajstić information content (AvgIpc) is 2.60. The van der Waals surface area contributed by atoms with E-state index in [1.807, 2.05) is 12.1 Å². The van der Waals surface area contributed by atoms with Gasteiger partial charge in [0.1, 0.15) is 0 Å². The maximum absolute atomic E-state index is 11.9. The van der Waals surface area contributed by atoms with Crippen LogP contribution in [0.3, 0.4) is 0 Å². The second-order valence-electron chi connectivity index (χ2n) is 5.78. The lowest BCUT2D eigenvalue weighted by atomic mass is 10.1. The molecule has 2 aromatic carbocycles. The van der Waals surface area contributed by atoms with Crippen LogP contribution in [0.15, 0.2) is 58.3 Å². The minimum atomic E-state index is -3.69. The largest absolute Gasteiger partial charge is 0.355 e. The molecule has 0 spiro atoms. The second-order valence-corrected chi connectivity index (χ2v) is 8.39. The van der Waals surface area contributed by atoms with E-state index in [9.17, 15) is 18.0 Å². The number of hydrogen-bond acceptors (Lipinski definition) is 5. The Morgan fingerprint density at radius 3 is 2.22 bits per heavy atom. The van der Waals surface area contributed by atoms with E-state index in [1.54, 1.807) is 24.3 Å². The molecule has 0 unspecified atom stereocenters. The van der Waals surface area contributed by atoms with Crippen LogP contribution in [0.5, 0.6) is 0 Å². The van der Waals surface area contributed by atoms with Gasteiger partial charge in [-0.1, -0.05) is 12.1 Å². The zero-order valence-electron chi connectivity index (χ0n) is 14.8. The molecule has 0 heterocycles. The Kier molecular flexibility index (Phi) is 7.40. The summed E-state index contributed by atoms with van der Waals surface area (Å²) >= 11 is 1.40. The Balaban J connectivity index is 1.72. The van der Waals surface area contributed by atoms with E-state index in [0.29, 0.717) is 18.7 Å². The smallest absolute Gasteiger partial charge is 0.238 e. The first-order valence-electron chi connectivity index (χ1n) is 8.13. The second kappa shape index (κ2) is 9.54. The first-order valence-corrected chi connectivity index (χ1v) is 10.7. The van der Waals surface area contributed by atoms with E-state index in [4.69, 9.17) is 5.14 Å². The van der Waals surface area contributed by atoms with Gasteiger partial charge in [0.15, 0.2) is 0 Å². The third kappa shape index (κ3) is 7.41. The van der Waals surface area contributed by atoms with E-state index >= 15 is 0 Å². The van der Waals surface area contributed by atoms with Crippen molar-refractivity contribution in [2.45, 2.75) is 23.1 Å². The van der Waals surface area contributed by atoms with Crippen LogP contribution in [0.25, 0.3) is 0 Å². The average molecular weight is 408 g/mol. The molecule has 2 aromatic rings. The predicted octanol–water partition coefficient (Wildman–Crippen LogP) is 1.74. The summed E-state index contributed by atoms with van der Waals surface area (Å²) in [6, 6.07) is 13.5. The van der Waals surface area contributed by atoms with Gasteiger partial charge in [0.25, 0.3) is 0 Å². The monoisotopic (exact) mass is 407 g/mol. The highest BCUT2D eigenvalue weighted by molar-refractivity contribution is 8.00. The van der Waals surface area contributed by atoms with Gasteiger partial charge in [-0.15, -0.1) is 11.8 Å². The number of carbonyl (C=O) groups is 2. The number of nitrogens with one attached hydrogen (secondary N) is 2. The third-order valence-corrected chi connectivity index (χ3v) is 5.47. The number of sulfonamides is 1. The topological polar surface area (TPSA) is 118 Å². The van der Waals surface area contributed by atoms with Crippen molar-refractivity contribution in [2.75, 3.05) is 17.6 Å². The lowest BCUT2D eigenvalue weighted by molar-refractivity contribution is -0.118. The van der Waals surface area contributed by atoms with Crippen LogP contribution in [0, 0.1) is 0 Å². The first kappa shape index (κ1) is 20.9. The number of benzene rings is 2. The van der Waals surface area contributed by atoms with Crippen molar-refractivity contribution in [1.29, 1.82) is 0 Å². The van der Waals surface area contributed by atoms with Crippen molar-refractivity contribution in [3.8, 4) is 0 Å². The van der Waals surface area contributed by atoms with Gasteiger partial charge in [-0.05, 0) is 48.4 Å². The summed E-state index contributed by atoms with van der Waals surface area (Å²) in [5, 5.41) is 10.6. The molecule has 2 amide bonds. The molecule has 0 radical (unpaired) electrons. The fraction of sp³-hybridized carbons (Fsp3) is 0.222. The normalized spacial score (nSPS) is 11.0. The van der Waals surface area contributed by atoms with Crippen LogP contribution in [0.1, 0.15) is 12.5 Å². The minimum Gasteiger partial charge on any atom is -0.355 e. The van der Waals surface area contributed by atoms with Crippen LogP contribution in [-0.4, -0.2) is 32.5 Å². The molecule has 2 rings (SSSR count). The molecule has 144 valence electrons. The molecule has 0 aliphatic heterocycles. The van der Waals surface area contributed by atoms with Gasteiger partial charge in [0.05, 0.1) is 10.6 Å². The fourth-order valence-electron chi connectivity index (χ4n) is 2.23. The molecule has 0 atom stereocenters. The van der Waals surface area contributed by atoms with E-state index in [0.717, 1.165) is 10.5 Å². The molecular weight excluding hydrogens is 386 g/mol. The van der Waals surface area contributed by atoms with Gasteiger partial charge in [0, 0.05) is 24.1 Å². The molecule has 0 fully saturated rings. The number of carbonyl (C=O) groups excluding carboxylic acids is 2. The SMILES string of the molecule is CC(=O)Nc1ccc(SCC(=O)NCCc2ccc(S(N)(=O)=O)cc2)cc1. The van der Waals surface area contributed by atoms with E-state index in [2.05, 4.69) is 10.6 Å². The van der Waals surface area contributed by atoms with Gasteiger partial charge in [-0.2, -0.15) is 0 Å². The maximum Gasteiger partial charge on any atom is 0.238 e. The summed E-state index contributed by atoms with van der Waals surface area (Å²) in [6.07, 6.45) is 0.590. The zero-order valence-corrected chi connectivity index (χ0v) is 16.4. The number of hydrogen-bond donors (Lipinski definition) is 3. The number of thioether (sulfide) groups is 1. The Labute approximate surface area is 162 Å². The van der Waals surface area contributed by atoms with Gasteiger partial charge in [0.2, 0.25) is 21.8 Å². The summed E-state index contributed by atoms with van der Waals surface area (Å²) in [5.41, 5.74) is 1.62. The molecule has 0 aliphatic carbocycles. The molecule has 0 aromatic heterocycles. The predicted molar refractivity (Wildman–Crippen MR) is 106 cm³/mol. The van der Waals surface area contributed by atoms with Crippen molar-refractivity contribution < 1.29 is 18.0 Å². The third-order valence-electron chi connectivity index (χ3n) is 3.53. The van der Waals surface area contributed by atoms with Crippen LogP contribution in [0.4, 0.5) is 5.69 Å². The van der Waals surface area contributed by atoms with Crippen LogP contribution in [0.2, 0.25) is 0 Å². The molecule has 9 heteroatoms. The fourth-order valence-corrected chi connectivity index (χ4v) is 3.47. The number of rotatable bonds is 8. The highest BCUT2D eigenvalue weighted by Crippen LogP contribution is 2.20. The van der Waals surface area contributed by atoms with E-state index < -0.39 is 10.0 Å². The van der Waals surface area contributed by atoms with Crippen molar-refractivity contribution in [3.05, 3.63) is 54.1 Å². The Bertz CT molecular complexity index is 895. The highest BCUT2D eigenvalue weighted by atomic mass is 32.2. The summed E-state index contributed by atoms with van der Waals surface area (Å²) in [6.45, 7) is 1.90. The molecular formula is C18H21N3O4S2. The van der Waals surface area contributed by atoms with Crippen molar-refractivity contribution in [2.24, 2.45) is 5.14 Å². The van der Waals surface area contributed by atoms with Gasteiger partial charge in [-0.3, -0.25) is 9.59 Å². The standard InChI is InChI=1S/C18H21N3O4S2/c1-13(22)21-15-4-6-16(7-5-15)26-12-18(23)20-11-10-14-2-8-17(9-3-14)27(19,24)25/h2-9H,10-12H2,1H3,(H,20,23)(H,21,22)(H2,19,24,25). The number of amides is 2. The van der Waals surface area contributed by atoms with Crippen molar-refractivity contribution >= 4 is 39.3 Å². The van der Waals surface area contributed by atoms with Crippen molar-refractivity contribution in [3.63, 3.8) is 0 Å². The Morgan fingerprint density at radius 2 is 1.67 bits per heavy atom. The summed E-state index contributed by atoms with van der Waals surface area (Å²) in [4.78, 5) is 23.9. The maximum atomic E-state index is 11.9. The van der Waals surface area contributed by atoms with Gasteiger partial charge < -0.3 is 10.6 Å². The molecule has 7 nitrogen and oxygen atoms in total. The molecule has 0 aliphatic rings. The quantitative estimate of drug-likeness (QED) is 0.576. The molecule has 0 bridgehead atoms. The van der Waals surface area contributed by atoms with Crippen LogP contribution in [-0.2, 0) is 26.0 Å². The molecule has 4 N–H and O–H groups in total. The first-order chi connectivity index (χ1) is 12.7. The summed E-state index contributed by atoms with van der Waals surface area (Å²) < 4.78 is 22.4. The molecule has 0 saturated heterocycles. The lowest BCUT2D eigenvalue weighted by Crippen LogP contribution is -2.27. The number of primary sulfonamides is 1. The molecule has 27 heavy (non-hydrogen) atoms. The van der Waals surface area contributed by atoms with Gasteiger partial charge >= 0.3 is 0 Å². The lowest BCUT2D eigenvalue weighted by Gasteiger charge is -2.07. The van der Waals surface area contributed by atoms with Crippen LogP contribution >= 0.6 is 11.8 Å². The van der Waals surface area contributed by atoms with Gasteiger partial charge in [-0.25, -0.2) is 13.6 Å². The van der Waals surface area contributed by atoms with E-state index in [1.165, 1.54) is 30.8 Å². The number of anilines is 1. The van der Waals surface area contributed by atoms with Crippen molar-refractivity contribution in [1.82, 2.24) is 5.32 Å². The van der Waals surface area contributed by atoms with Crippen LogP contribution < -0.4 is 15.8 Å². The summed E-state index contributed by atoms with van der Waals surface area (Å²) in [5.74, 6) is 0.0604. The van der Waals surface area contributed by atoms with E-state index in [-0.39, 0.29) is 22.5 Å². The zero-order chi connectivity index (χ0) is 19.9. The highest BCUT2D eigenvalue weighted by Gasteiger charge is 2.07. The summed E-state index contributed by atoms with van der Waals surface area (Å²) in [7, 11) is -3.69. The molecule has 0 saturated carbocycles. The Morgan fingerprint density at radius 1 is 1.04 bits per heavy atom. The minimum absolute atomic E-state index is 0.0659.